The second-order valence-corrected chi connectivity index (χ2v) is 5.39. The molecule has 0 aliphatic heterocycles. The van der Waals surface area contributed by atoms with E-state index in [1.165, 1.54) is 11.6 Å². The Balaban J connectivity index is 2.09. The zero-order chi connectivity index (χ0) is 13.7. The Morgan fingerprint density at radius 2 is 1.79 bits per heavy atom. The maximum Gasteiger partial charge on any atom is 0.137 e. The summed E-state index contributed by atoms with van der Waals surface area (Å²) in [5.74, 6) is -0.202. The van der Waals surface area contributed by atoms with Gasteiger partial charge in [-0.1, -0.05) is 42.5 Å². The largest absolute Gasteiger partial charge is 0.316 e. The van der Waals surface area contributed by atoms with Gasteiger partial charge in [0.2, 0.25) is 0 Å². The molecule has 1 atom stereocenters. The van der Waals surface area contributed by atoms with Crippen molar-refractivity contribution in [2.75, 3.05) is 7.05 Å². The highest BCUT2D eigenvalue weighted by Gasteiger charge is 2.12. The van der Waals surface area contributed by atoms with Crippen LogP contribution in [-0.4, -0.2) is 13.1 Å². The van der Waals surface area contributed by atoms with Crippen LogP contribution in [0.15, 0.2) is 53.0 Å². The third-order valence-electron chi connectivity index (χ3n) is 3.23. The van der Waals surface area contributed by atoms with Crippen LogP contribution in [-0.2, 0) is 12.8 Å². The van der Waals surface area contributed by atoms with E-state index in [0.717, 1.165) is 18.4 Å². The van der Waals surface area contributed by atoms with Crippen LogP contribution in [0.4, 0.5) is 4.39 Å². The first-order valence-corrected chi connectivity index (χ1v) is 7.14. The number of nitrogens with one attached hydrogen (secondary N) is 1. The first-order valence-electron chi connectivity index (χ1n) is 6.34. The van der Waals surface area contributed by atoms with E-state index in [1.54, 1.807) is 6.07 Å². The third-order valence-corrected chi connectivity index (χ3v) is 4.12. The smallest absolute Gasteiger partial charge is 0.137 e. The quantitative estimate of drug-likeness (QED) is 0.878. The molecule has 0 heterocycles. The van der Waals surface area contributed by atoms with Crippen LogP contribution in [0.2, 0.25) is 0 Å². The van der Waals surface area contributed by atoms with Crippen LogP contribution in [0.1, 0.15) is 11.1 Å². The van der Waals surface area contributed by atoms with E-state index in [1.807, 2.05) is 31.3 Å². The van der Waals surface area contributed by atoms with Crippen molar-refractivity contribution in [3.63, 3.8) is 0 Å². The molecule has 0 amide bonds. The first-order chi connectivity index (χ1) is 9.20. The predicted octanol–water partition coefficient (Wildman–Crippen LogP) is 3.96. The molecule has 0 aromatic heterocycles. The van der Waals surface area contributed by atoms with Crippen LogP contribution in [0.3, 0.4) is 0 Å². The normalized spacial score (nSPS) is 12.4. The van der Waals surface area contributed by atoms with E-state index in [2.05, 4.69) is 33.4 Å². The van der Waals surface area contributed by atoms with Crippen molar-refractivity contribution < 1.29 is 4.39 Å². The monoisotopic (exact) mass is 321 g/mol. The average Bonchev–Trinajstić information content (AvgIpc) is 2.44. The summed E-state index contributed by atoms with van der Waals surface area (Å²) in [6.45, 7) is 0. The van der Waals surface area contributed by atoms with Crippen molar-refractivity contribution >= 4 is 15.9 Å². The summed E-state index contributed by atoms with van der Waals surface area (Å²) >= 11 is 3.32. The molecule has 0 fully saturated rings. The fourth-order valence-corrected chi connectivity index (χ4v) is 2.57. The summed E-state index contributed by atoms with van der Waals surface area (Å²) in [5, 5.41) is 3.30. The Labute approximate surface area is 122 Å². The molecule has 1 unspecified atom stereocenters. The molecule has 3 heteroatoms. The number of hydrogen-bond acceptors (Lipinski definition) is 1. The lowest BCUT2D eigenvalue weighted by Crippen LogP contribution is -2.30. The molecular weight excluding hydrogens is 305 g/mol. The minimum absolute atomic E-state index is 0.202. The Morgan fingerprint density at radius 3 is 2.47 bits per heavy atom. The second-order valence-electron chi connectivity index (χ2n) is 4.59. The highest BCUT2D eigenvalue weighted by atomic mass is 79.9. The average molecular weight is 322 g/mol. The fourth-order valence-electron chi connectivity index (χ4n) is 2.15. The Hall–Kier alpha value is -1.19. The van der Waals surface area contributed by atoms with Crippen LogP contribution in [0, 0.1) is 5.82 Å². The standard InChI is InChI=1S/C16H17BrFN/c1-19-14(10-12-6-3-2-4-7-12)11-13-8-5-9-15(18)16(13)17/h2-9,14,19H,10-11H2,1H3. The van der Waals surface area contributed by atoms with E-state index >= 15 is 0 Å². The predicted molar refractivity (Wildman–Crippen MR) is 80.8 cm³/mol. The third kappa shape index (κ3) is 3.88. The maximum absolute atomic E-state index is 13.5. The van der Waals surface area contributed by atoms with Crippen LogP contribution >= 0.6 is 15.9 Å². The van der Waals surface area contributed by atoms with Gasteiger partial charge in [0, 0.05) is 6.04 Å². The van der Waals surface area contributed by atoms with Gasteiger partial charge in [-0.25, -0.2) is 4.39 Å². The Bertz CT molecular complexity index is 528. The van der Waals surface area contributed by atoms with Crippen LogP contribution in [0.5, 0.6) is 0 Å². The van der Waals surface area contributed by atoms with Gasteiger partial charge in [0.1, 0.15) is 5.82 Å². The minimum atomic E-state index is -0.202. The highest BCUT2D eigenvalue weighted by Crippen LogP contribution is 2.22. The van der Waals surface area contributed by atoms with Gasteiger partial charge >= 0.3 is 0 Å². The lowest BCUT2D eigenvalue weighted by atomic mass is 9.99. The lowest BCUT2D eigenvalue weighted by molar-refractivity contribution is 0.550. The molecule has 0 aliphatic carbocycles. The fraction of sp³-hybridized carbons (Fsp3) is 0.250. The SMILES string of the molecule is CNC(Cc1ccccc1)Cc1cccc(F)c1Br. The highest BCUT2D eigenvalue weighted by molar-refractivity contribution is 9.10. The number of halogens is 2. The molecule has 0 saturated heterocycles. The Morgan fingerprint density at radius 1 is 1.05 bits per heavy atom. The number of rotatable bonds is 5. The molecule has 2 aromatic carbocycles. The zero-order valence-electron chi connectivity index (χ0n) is 10.9. The summed E-state index contributed by atoms with van der Waals surface area (Å²) in [5.41, 5.74) is 2.28. The molecule has 100 valence electrons. The van der Waals surface area contributed by atoms with Crippen LogP contribution in [0.25, 0.3) is 0 Å². The van der Waals surface area contributed by atoms with Gasteiger partial charge in [0.25, 0.3) is 0 Å². The number of benzene rings is 2. The number of likely N-dealkylation sites (N-methyl/N-ethyl adjacent to an activating group) is 1. The number of hydrogen-bond donors (Lipinski definition) is 1. The summed E-state index contributed by atoms with van der Waals surface area (Å²) in [7, 11) is 1.95. The molecule has 0 bridgehead atoms. The second kappa shape index (κ2) is 6.83. The van der Waals surface area contributed by atoms with E-state index in [-0.39, 0.29) is 5.82 Å². The van der Waals surface area contributed by atoms with Crippen molar-refractivity contribution in [2.24, 2.45) is 0 Å². The summed E-state index contributed by atoms with van der Waals surface area (Å²) < 4.78 is 14.1. The molecular formula is C16H17BrFN. The van der Waals surface area contributed by atoms with Crippen molar-refractivity contribution in [3.8, 4) is 0 Å². The van der Waals surface area contributed by atoms with Gasteiger partial charge in [-0.2, -0.15) is 0 Å². The van der Waals surface area contributed by atoms with E-state index < -0.39 is 0 Å². The van der Waals surface area contributed by atoms with Gasteiger partial charge in [-0.15, -0.1) is 0 Å². The van der Waals surface area contributed by atoms with Gasteiger partial charge in [-0.05, 0) is 53.0 Å². The van der Waals surface area contributed by atoms with Gasteiger partial charge in [-0.3, -0.25) is 0 Å². The minimum Gasteiger partial charge on any atom is -0.316 e. The van der Waals surface area contributed by atoms with Crippen LogP contribution < -0.4 is 5.32 Å². The Kier molecular flexibility index (Phi) is 5.11. The van der Waals surface area contributed by atoms with Gasteiger partial charge < -0.3 is 5.32 Å². The molecule has 2 rings (SSSR count). The zero-order valence-corrected chi connectivity index (χ0v) is 12.5. The summed E-state index contributed by atoms with van der Waals surface area (Å²) in [4.78, 5) is 0. The summed E-state index contributed by atoms with van der Waals surface area (Å²) in [6, 6.07) is 15.8. The maximum atomic E-state index is 13.5. The van der Waals surface area contributed by atoms with Gasteiger partial charge in [0.15, 0.2) is 0 Å². The van der Waals surface area contributed by atoms with Crippen molar-refractivity contribution in [2.45, 2.75) is 18.9 Å². The lowest BCUT2D eigenvalue weighted by Gasteiger charge is -2.17. The van der Waals surface area contributed by atoms with E-state index in [9.17, 15) is 4.39 Å². The topological polar surface area (TPSA) is 12.0 Å². The van der Waals surface area contributed by atoms with E-state index in [0.29, 0.717) is 10.5 Å². The molecule has 0 saturated carbocycles. The molecule has 1 N–H and O–H groups in total. The molecule has 2 aromatic rings. The van der Waals surface area contributed by atoms with Crippen molar-refractivity contribution in [1.29, 1.82) is 0 Å². The molecule has 0 spiro atoms. The summed E-state index contributed by atoms with van der Waals surface area (Å²) in [6.07, 6.45) is 1.73. The first kappa shape index (κ1) is 14.2. The van der Waals surface area contributed by atoms with Gasteiger partial charge in [0.05, 0.1) is 4.47 Å². The molecule has 0 aliphatic rings. The molecule has 19 heavy (non-hydrogen) atoms. The van der Waals surface area contributed by atoms with E-state index in [4.69, 9.17) is 0 Å². The van der Waals surface area contributed by atoms with Crippen molar-refractivity contribution in [3.05, 3.63) is 69.9 Å². The molecule has 1 nitrogen and oxygen atoms in total. The molecule has 0 radical (unpaired) electrons. The van der Waals surface area contributed by atoms with Crippen molar-refractivity contribution in [1.82, 2.24) is 5.32 Å².